The molecule has 0 aliphatic carbocycles. The number of amides is 1. The number of furan rings is 1. The summed E-state index contributed by atoms with van der Waals surface area (Å²) >= 11 is 0. The first-order chi connectivity index (χ1) is 14.9. The van der Waals surface area contributed by atoms with Crippen LogP contribution in [0.5, 0.6) is 0 Å². The Kier molecular flexibility index (Phi) is 8.01. The SMILES string of the molecule is Cc1ccc(CN(CCc2ccccc2)C(=O)C[NH+](Cc2ccc(F)cc2)C(C)C)o1. The molecule has 0 radical (unpaired) electrons. The van der Waals surface area contributed by atoms with Gasteiger partial charge in [0.15, 0.2) is 6.54 Å². The molecule has 1 atom stereocenters. The molecule has 0 aliphatic heterocycles. The van der Waals surface area contributed by atoms with Gasteiger partial charge in [-0.2, -0.15) is 0 Å². The van der Waals surface area contributed by atoms with Crippen LogP contribution in [0.15, 0.2) is 71.1 Å². The summed E-state index contributed by atoms with van der Waals surface area (Å²) in [4.78, 5) is 16.4. The predicted molar refractivity (Wildman–Crippen MR) is 120 cm³/mol. The Hall–Kier alpha value is -2.92. The average Bonchev–Trinajstić information content (AvgIpc) is 3.17. The smallest absolute Gasteiger partial charge is 0.278 e. The lowest BCUT2D eigenvalue weighted by atomic mass is 10.1. The summed E-state index contributed by atoms with van der Waals surface area (Å²) in [6.45, 7) is 8.27. The molecule has 1 unspecified atom stereocenters. The monoisotopic (exact) mass is 423 g/mol. The Labute approximate surface area is 184 Å². The summed E-state index contributed by atoms with van der Waals surface area (Å²) in [5.74, 6) is 1.49. The summed E-state index contributed by atoms with van der Waals surface area (Å²) in [5.41, 5.74) is 2.23. The number of carbonyl (C=O) groups excluding carboxylic acids is 1. The molecule has 0 fully saturated rings. The van der Waals surface area contributed by atoms with Crippen molar-refractivity contribution in [2.45, 2.75) is 46.3 Å². The van der Waals surface area contributed by atoms with Gasteiger partial charge in [-0.25, -0.2) is 4.39 Å². The first kappa shape index (κ1) is 22.8. The Morgan fingerprint density at radius 2 is 1.71 bits per heavy atom. The maximum absolute atomic E-state index is 13.3. The topological polar surface area (TPSA) is 37.9 Å². The van der Waals surface area contributed by atoms with Crippen molar-refractivity contribution in [3.8, 4) is 0 Å². The molecule has 0 saturated carbocycles. The number of nitrogens with zero attached hydrogens (tertiary/aromatic N) is 1. The second-order valence-corrected chi connectivity index (χ2v) is 8.36. The molecule has 1 aromatic heterocycles. The lowest BCUT2D eigenvalue weighted by Crippen LogP contribution is -3.14. The number of rotatable bonds is 10. The zero-order chi connectivity index (χ0) is 22.2. The van der Waals surface area contributed by atoms with Crippen LogP contribution < -0.4 is 4.90 Å². The van der Waals surface area contributed by atoms with Gasteiger partial charge in [0, 0.05) is 12.1 Å². The Morgan fingerprint density at radius 1 is 1.00 bits per heavy atom. The lowest BCUT2D eigenvalue weighted by molar-refractivity contribution is -0.927. The molecule has 0 aliphatic rings. The maximum atomic E-state index is 13.3. The summed E-state index contributed by atoms with van der Waals surface area (Å²) in [6, 6.07) is 20.9. The molecule has 164 valence electrons. The van der Waals surface area contributed by atoms with E-state index in [1.54, 1.807) is 12.1 Å². The highest BCUT2D eigenvalue weighted by Gasteiger charge is 2.23. The second kappa shape index (κ2) is 10.9. The van der Waals surface area contributed by atoms with Crippen molar-refractivity contribution in [1.82, 2.24) is 4.90 Å². The van der Waals surface area contributed by atoms with E-state index in [0.717, 1.165) is 28.4 Å². The van der Waals surface area contributed by atoms with Crippen LogP contribution in [-0.2, 0) is 24.3 Å². The van der Waals surface area contributed by atoms with E-state index in [9.17, 15) is 9.18 Å². The summed E-state index contributed by atoms with van der Waals surface area (Å²) < 4.78 is 19.0. The molecular weight excluding hydrogens is 391 g/mol. The molecule has 4 nitrogen and oxygen atoms in total. The lowest BCUT2D eigenvalue weighted by Gasteiger charge is -2.27. The van der Waals surface area contributed by atoms with Crippen LogP contribution in [0.4, 0.5) is 4.39 Å². The first-order valence-electron chi connectivity index (χ1n) is 10.9. The molecule has 5 heteroatoms. The number of aryl methyl sites for hydroxylation is 1. The zero-order valence-corrected chi connectivity index (χ0v) is 18.6. The number of carbonyl (C=O) groups is 1. The molecule has 1 amide bonds. The standard InChI is InChI=1S/C26H31FN2O2/c1-20(2)29(17-23-10-12-24(27)13-11-23)19-26(30)28(18-25-14-9-21(3)31-25)16-15-22-7-5-4-6-8-22/h4-14,20H,15-19H2,1-3H3/p+1. The normalized spacial score (nSPS) is 12.2. The van der Waals surface area contributed by atoms with Crippen molar-refractivity contribution >= 4 is 5.91 Å². The largest absolute Gasteiger partial charge is 0.464 e. The van der Waals surface area contributed by atoms with Gasteiger partial charge in [0.05, 0.1) is 12.6 Å². The van der Waals surface area contributed by atoms with Crippen molar-refractivity contribution in [1.29, 1.82) is 0 Å². The van der Waals surface area contributed by atoms with Gasteiger partial charge in [-0.3, -0.25) is 4.79 Å². The number of hydrogen-bond acceptors (Lipinski definition) is 2. The third-order valence-electron chi connectivity index (χ3n) is 5.55. The summed E-state index contributed by atoms with van der Waals surface area (Å²) in [5, 5.41) is 0. The number of nitrogens with one attached hydrogen (secondary N) is 1. The van der Waals surface area contributed by atoms with Crippen LogP contribution in [0.2, 0.25) is 0 Å². The van der Waals surface area contributed by atoms with E-state index in [1.165, 1.54) is 17.7 Å². The fourth-order valence-electron chi connectivity index (χ4n) is 3.60. The van der Waals surface area contributed by atoms with Gasteiger partial charge >= 0.3 is 0 Å². The average molecular weight is 424 g/mol. The van der Waals surface area contributed by atoms with Gasteiger partial charge in [0.25, 0.3) is 5.91 Å². The van der Waals surface area contributed by atoms with Gasteiger partial charge in [-0.15, -0.1) is 0 Å². The molecule has 1 N–H and O–H groups in total. The van der Waals surface area contributed by atoms with Crippen molar-refractivity contribution in [2.75, 3.05) is 13.1 Å². The van der Waals surface area contributed by atoms with E-state index in [0.29, 0.717) is 26.2 Å². The Balaban J connectivity index is 1.70. The van der Waals surface area contributed by atoms with Crippen molar-refractivity contribution in [2.24, 2.45) is 0 Å². The highest BCUT2D eigenvalue weighted by molar-refractivity contribution is 5.77. The molecule has 31 heavy (non-hydrogen) atoms. The highest BCUT2D eigenvalue weighted by atomic mass is 19.1. The van der Waals surface area contributed by atoms with Crippen LogP contribution in [0.25, 0.3) is 0 Å². The van der Waals surface area contributed by atoms with E-state index in [4.69, 9.17) is 4.42 Å². The third kappa shape index (κ3) is 7.07. The number of halogens is 1. The molecule has 3 rings (SSSR count). The third-order valence-corrected chi connectivity index (χ3v) is 5.55. The molecule has 2 aromatic carbocycles. The van der Waals surface area contributed by atoms with Crippen molar-refractivity contribution < 1.29 is 18.5 Å². The Morgan fingerprint density at radius 3 is 2.32 bits per heavy atom. The van der Waals surface area contributed by atoms with Crippen LogP contribution in [-0.4, -0.2) is 29.9 Å². The zero-order valence-electron chi connectivity index (χ0n) is 18.6. The fourth-order valence-corrected chi connectivity index (χ4v) is 3.60. The van der Waals surface area contributed by atoms with Crippen LogP contribution >= 0.6 is 0 Å². The maximum Gasteiger partial charge on any atom is 0.278 e. The van der Waals surface area contributed by atoms with E-state index in [2.05, 4.69) is 26.0 Å². The van der Waals surface area contributed by atoms with Gasteiger partial charge < -0.3 is 14.2 Å². The van der Waals surface area contributed by atoms with Crippen LogP contribution in [0.3, 0.4) is 0 Å². The first-order valence-corrected chi connectivity index (χ1v) is 10.9. The van der Waals surface area contributed by atoms with Crippen LogP contribution in [0.1, 0.15) is 36.5 Å². The molecular formula is C26H32FN2O2+. The summed E-state index contributed by atoms with van der Waals surface area (Å²) in [6.07, 6.45) is 0.793. The molecule has 3 aromatic rings. The molecule has 0 bridgehead atoms. The van der Waals surface area contributed by atoms with E-state index in [-0.39, 0.29) is 17.8 Å². The predicted octanol–water partition coefficient (Wildman–Crippen LogP) is 3.79. The van der Waals surface area contributed by atoms with Gasteiger partial charge in [0.1, 0.15) is 23.9 Å². The van der Waals surface area contributed by atoms with Crippen molar-refractivity contribution in [3.05, 3.63) is 95.2 Å². The molecule has 0 saturated heterocycles. The van der Waals surface area contributed by atoms with Crippen LogP contribution in [0, 0.1) is 12.7 Å². The number of benzene rings is 2. The van der Waals surface area contributed by atoms with Crippen molar-refractivity contribution in [3.63, 3.8) is 0 Å². The second-order valence-electron chi connectivity index (χ2n) is 8.36. The minimum atomic E-state index is -0.244. The highest BCUT2D eigenvalue weighted by Crippen LogP contribution is 2.11. The van der Waals surface area contributed by atoms with Gasteiger partial charge in [0.2, 0.25) is 0 Å². The quantitative estimate of drug-likeness (QED) is 0.539. The number of hydrogen-bond donors (Lipinski definition) is 1. The van der Waals surface area contributed by atoms with Gasteiger partial charge in [-0.05, 0) is 57.0 Å². The molecule has 0 spiro atoms. The fraction of sp³-hybridized carbons (Fsp3) is 0.346. The molecule has 1 heterocycles. The van der Waals surface area contributed by atoms with E-state index < -0.39 is 0 Å². The van der Waals surface area contributed by atoms with E-state index in [1.807, 2.05) is 42.2 Å². The Bertz CT molecular complexity index is 951. The minimum absolute atomic E-state index is 0.0933. The van der Waals surface area contributed by atoms with Gasteiger partial charge in [-0.1, -0.05) is 42.5 Å². The minimum Gasteiger partial charge on any atom is -0.464 e. The summed E-state index contributed by atoms with van der Waals surface area (Å²) in [7, 11) is 0. The van der Waals surface area contributed by atoms with E-state index >= 15 is 0 Å². The number of quaternary nitrogens is 1.